The highest BCUT2D eigenvalue weighted by Gasteiger charge is 2.23. The molecule has 2 aromatic rings. The van der Waals surface area contributed by atoms with Gasteiger partial charge in [-0.25, -0.2) is 4.98 Å². The lowest BCUT2D eigenvalue weighted by Crippen LogP contribution is -2.42. The van der Waals surface area contributed by atoms with Gasteiger partial charge >= 0.3 is 0 Å². The van der Waals surface area contributed by atoms with Crippen molar-refractivity contribution in [1.82, 2.24) is 15.2 Å². The van der Waals surface area contributed by atoms with Gasteiger partial charge in [-0.3, -0.25) is 4.79 Å². The van der Waals surface area contributed by atoms with Crippen molar-refractivity contribution in [3.63, 3.8) is 0 Å². The Bertz CT molecular complexity index is 767. The predicted molar refractivity (Wildman–Crippen MR) is 118 cm³/mol. The molecule has 1 aromatic heterocycles. The third kappa shape index (κ3) is 6.53. The maximum atomic E-state index is 12.5. The summed E-state index contributed by atoms with van der Waals surface area (Å²) in [5, 5.41) is 4.28. The number of hydrogen-bond acceptors (Lipinski definition) is 4. The lowest BCUT2D eigenvalue weighted by atomic mass is 9.97. The van der Waals surface area contributed by atoms with Crippen molar-refractivity contribution in [3.8, 4) is 11.3 Å². The van der Waals surface area contributed by atoms with Crippen molar-refractivity contribution in [2.45, 2.75) is 25.7 Å². The molecule has 0 aliphatic carbocycles. The van der Waals surface area contributed by atoms with Gasteiger partial charge in [0.25, 0.3) is 0 Å². The Morgan fingerprint density at radius 1 is 1.36 bits per heavy atom. The number of carbonyl (C=O) groups excluding carboxylic acids is 1. The van der Waals surface area contributed by atoms with Gasteiger partial charge in [-0.1, -0.05) is 23.2 Å². The number of oxazole rings is 1. The molecule has 1 aliphatic rings. The van der Waals surface area contributed by atoms with Crippen LogP contribution in [0.1, 0.15) is 25.2 Å². The summed E-state index contributed by atoms with van der Waals surface area (Å²) in [6, 6.07) is 5.23. The molecule has 1 saturated heterocycles. The van der Waals surface area contributed by atoms with E-state index in [1.54, 1.807) is 24.4 Å². The highest BCUT2D eigenvalue weighted by Crippen LogP contribution is 2.31. The minimum atomic E-state index is 0. The molecule has 0 spiro atoms. The van der Waals surface area contributed by atoms with Gasteiger partial charge in [0.05, 0.1) is 11.2 Å². The fourth-order valence-corrected chi connectivity index (χ4v) is 3.86. The summed E-state index contributed by atoms with van der Waals surface area (Å²) < 4.78 is 5.77. The van der Waals surface area contributed by atoms with Gasteiger partial charge in [0, 0.05) is 36.5 Å². The van der Waals surface area contributed by atoms with Gasteiger partial charge in [0.1, 0.15) is 0 Å². The van der Waals surface area contributed by atoms with Crippen LogP contribution in [0.3, 0.4) is 0 Å². The third-order valence-electron chi connectivity index (χ3n) is 4.67. The summed E-state index contributed by atoms with van der Waals surface area (Å²) in [6.07, 6.45) is 4.77. The zero-order valence-electron chi connectivity index (χ0n) is 15.6. The van der Waals surface area contributed by atoms with Crippen molar-refractivity contribution in [2.75, 3.05) is 26.7 Å². The first-order chi connectivity index (χ1) is 12.6. The maximum Gasteiger partial charge on any atom is 0.223 e. The van der Waals surface area contributed by atoms with Crippen LogP contribution in [0.4, 0.5) is 0 Å². The summed E-state index contributed by atoms with van der Waals surface area (Å²) in [4.78, 5) is 18.7. The number of aryl methyl sites for hydroxylation is 1. The molecule has 5 nitrogen and oxygen atoms in total. The average Bonchev–Trinajstić information content (AvgIpc) is 3.09. The van der Waals surface area contributed by atoms with Crippen LogP contribution < -0.4 is 5.32 Å². The van der Waals surface area contributed by atoms with E-state index < -0.39 is 0 Å². The van der Waals surface area contributed by atoms with Crippen LogP contribution in [-0.4, -0.2) is 42.5 Å². The molecular formula is C19H25Cl4N3O2. The summed E-state index contributed by atoms with van der Waals surface area (Å²) in [5.41, 5.74) is 0.743. The minimum Gasteiger partial charge on any atom is -0.441 e. The number of nitrogens with zero attached hydrogens (tertiary/aromatic N) is 2. The van der Waals surface area contributed by atoms with Gasteiger partial charge in [-0.05, 0) is 50.6 Å². The van der Waals surface area contributed by atoms with Gasteiger partial charge < -0.3 is 14.6 Å². The number of carbonyl (C=O) groups is 1. The molecule has 1 unspecified atom stereocenters. The van der Waals surface area contributed by atoms with E-state index in [0.29, 0.717) is 40.5 Å². The number of nitrogens with one attached hydrogen (secondary N) is 1. The van der Waals surface area contributed by atoms with Crippen molar-refractivity contribution < 1.29 is 9.21 Å². The second kappa shape index (κ2) is 11.9. The van der Waals surface area contributed by atoms with Crippen molar-refractivity contribution in [1.29, 1.82) is 0 Å². The lowest BCUT2D eigenvalue weighted by molar-refractivity contribution is -0.133. The number of halogens is 4. The van der Waals surface area contributed by atoms with Crippen LogP contribution >= 0.6 is 48.0 Å². The van der Waals surface area contributed by atoms with E-state index in [4.69, 9.17) is 27.6 Å². The standard InChI is InChI=1S/C19H23Cl2N3O2.2ClH/c1-22-10-13-3-2-8-24(12-13)19(25)7-6-18-23-11-17(26-18)15-5-4-14(20)9-16(15)21;;/h4-5,9,11,13,22H,2-3,6-8,10,12H2,1H3;2*1H. The Hall–Kier alpha value is -0.980. The molecule has 1 amide bonds. The van der Waals surface area contributed by atoms with E-state index in [9.17, 15) is 4.79 Å². The fourth-order valence-electron chi connectivity index (χ4n) is 3.36. The van der Waals surface area contributed by atoms with Crippen molar-refractivity contribution >= 4 is 53.9 Å². The SMILES string of the molecule is CNCC1CCCN(C(=O)CCc2ncc(-c3ccc(Cl)cc3Cl)o2)C1.Cl.Cl. The molecule has 1 N–H and O–H groups in total. The summed E-state index contributed by atoms with van der Waals surface area (Å²) in [6.45, 7) is 2.63. The third-order valence-corrected chi connectivity index (χ3v) is 5.22. The van der Waals surface area contributed by atoms with E-state index >= 15 is 0 Å². The van der Waals surface area contributed by atoms with Crippen LogP contribution in [0.2, 0.25) is 10.0 Å². The average molecular weight is 469 g/mol. The Labute approximate surface area is 188 Å². The molecule has 9 heteroatoms. The second-order valence-corrected chi connectivity index (χ2v) is 7.49. The number of rotatable bonds is 6. The maximum absolute atomic E-state index is 12.5. The normalized spacial score (nSPS) is 16.2. The zero-order valence-corrected chi connectivity index (χ0v) is 18.8. The number of benzene rings is 1. The molecule has 1 aliphatic heterocycles. The molecule has 1 fully saturated rings. The first-order valence-electron chi connectivity index (χ1n) is 8.89. The number of aromatic nitrogens is 1. The van der Waals surface area contributed by atoms with E-state index in [2.05, 4.69) is 10.3 Å². The first kappa shape index (κ1) is 25.1. The first-order valence-corrected chi connectivity index (χ1v) is 9.65. The highest BCUT2D eigenvalue weighted by molar-refractivity contribution is 6.36. The fraction of sp³-hybridized carbons (Fsp3) is 0.474. The number of hydrogen-bond donors (Lipinski definition) is 1. The Balaban J connectivity index is 0.00000196. The molecule has 3 rings (SSSR count). The number of piperidine rings is 1. The summed E-state index contributed by atoms with van der Waals surface area (Å²) in [7, 11) is 1.95. The number of amides is 1. The van der Waals surface area contributed by atoms with Gasteiger partial charge in [-0.2, -0.15) is 0 Å². The summed E-state index contributed by atoms with van der Waals surface area (Å²) >= 11 is 12.1. The van der Waals surface area contributed by atoms with E-state index in [1.165, 1.54) is 6.42 Å². The van der Waals surface area contributed by atoms with Crippen molar-refractivity contribution in [2.24, 2.45) is 5.92 Å². The zero-order chi connectivity index (χ0) is 18.5. The van der Waals surface area contributed by atoms with Crippen LogP contribution in [0.5, 0.6) is 0 Å². The summed E-state index contributed by atoms with van der Waals surface area (Å²) in [5.74, 6) is 1.83. The Morgan fingerprint density at radius 3 is 2.86 bits per heavy atom. The second-order valence-electron chi connectivity index (χ2n) is 6.65. The Kier molecular flexibility index (Phi) is 10.6. The van der Waals surface area contributed by atoms with Crippen molar-refractivity contribution in [3.05, 3.63) is 40.3 Å². The smallest absolute Gasteiger partial charge is 0.223 e. The lowest BCUT2D eigenvalue weighted by Gasteiger charge is -2.32. The van der Waals surface area contributed by atoms with E-state index in [0.717, 1.165) is 31.6 Å². The highest BCUT2D eigenvalue weighted by atomic mass is 35.5. The van der Waals surface area contributed by atoms with E-state index in [1.807, 2.05) is 11.9 Å². The van der Waals surface area contributed by atoms with Gasteiger partial charge in [0.15, 0.2) is 11.7 Å². The van der Waals surface area contributed by atoms with E-state index in [-0.39, 0.29) is 30.7 Å². The molecule has 1 aromatic carbocycles. The monoisotopic (exact) mass is 467 g/mol. The van der Waals surface area contributed by atoms with Crippen LogP contribution in [-0.2, 0) is 11.2 Å². The quantitative estimate of drug-likeness (QED) is 0.656. The minimum absolute atomic E-state index is 0. The molecule has 0 radical (unpaired) electrons. The largest absolute Gasteiger partial charge is 0.441 e. The Morgan fingerprint density at radius 2 is 2.14 bits per heavy atom. The van der Waals surface area contributed by atoms with Gasteiger partial charge in [0.2, 0.25) is 5.91 Å². The molecule has 2 heterocycles. The molecule has 1 atom stereocenters. The van der Waals surface area contributed by atoms with Gasteiger partial charge in [-0.15, -0.1) is 24.8 Å². The topological polar surface area (TPSA) is 58.4 Å². The molecule has 0 bridgehead atoms. The molecule has 0 saturated carbocycles. The van der Waals surface area contributed by atoms with Crippen LogP contribution in [0.25, 0.3) is 11.3 Å². The van der Waals surface area contributed by atoms with Crippen LogP contribution in [0, 0.1) is 5.92 Å². The number of likely N-dealkylation sites (tertiary alicyclic amines) is 1. The molecule has 156 valence electrons. The molecule has 28 heavy (non-hydrogen) atoms. The van der Waals surface area contributed by atoms with Crippen LogP contribution in [0.15, 0.2) is 28.8 Å². The predicted octanol–water partition coefficient (Wildman–Crippen LogP) is 4.88. The molecular weight excluding hydrogens is 444 g/mol.